The molecule has 1 amide bonds. The minimum atomic E-state index is -0.987. The SMILES string of the molecule is CCCCCCCCN1Cc2ccc3c4c(ccc(c24)C1)CN(CC(=O)N[C@@H](CCCCN)C(=O)O)C3. The molecule has 7 nitrogen and oxygen atoms in total. The number of rotatable bonds is 15. The predicted octanol–water partition coefficient (Wildman–Crippen LogP) is 4.53. The van der Waals surface area contributed by atoms with E-state index in [9.17, 15) is 14.7 Å². The molecular weight excluding hydrogens is 464 g/mol. The Morgan fingerprint density at radius 1 is 0.838 bits per heavy atom. The van der Waals surface area contributed by atoms with Gasteiger partial charge in [-0.3, -0.25) is 14.6 Å². The molecule has 37 heavy (non-hydrogen) atoms. The van der Waals surface area contributed by atoms with Crippen LogP contribution < -0.4 is 11.1 Å². The van der Waals surface area contributed by atoms with Crippen molar-refractivity contribution in [3.63, 3.8) is 0 Å². The summed E-state index contributed by atoms with van der Waals surface area (Å²) >= 11 is 0. The van der Waals surface area contributed by atoms with Gasteiger partial charge in [-0.05, 0) is 71.8 Å². The summed E-state index contributed by atoms with van der Waals surface area (Å²) in [4.78, 5) is 29.0. The van der Waals surface area contributed by atoms with E-state index < -0.39 is 12.0 Å². The van der Waals surface area contributed by atoms with E-state index in [1.165, 1.54) is 71.6 Å². The van der Waals surface area contributed by atoms with E-state index in [0.717, 1.165) is 26.1 Å². The normalized spacial score (nSPS) is 16.2. The molecule has 0 fully saturated rings. The summed E-state index contributed by atoms with van der Waals surface area (Å²) in [7, 11) is 0. The maximum Gasteiger partial charge on any atom is 0.326 e. The first-order valence-electron chi connectivity index (χ1n) is 14.2. The van der Waals surface area contributed by atoms with E-state index in [-0.39, 0.29) is 12.5 Å². The lowest BCUT2D eigenvalue weighted by Crippen LogP contribution is -2.45. The summed E-state index contributed by atoms with van der Waals surface area (Å²) in [6.45, 7) is 7.56. The average Bonchev–Trinajstić information content (AvgIpc) is 2.88. The lowest BCUT2D eigenvalue weighted by atomic mass is 9.87. The lowest BCUT2D eigenvalue weighted by Gasteiger charge is -2.34. The van der Waals surface area contributed by atoms with Gasteiger partial charge in [0.05, 0.1) is 6.54 Å². The maximum absolute atomic E-state index is 12.7. The highest BCUT2D eigenvalue weighted by Gasteiger charge is 2.27. The summed E-state index contributed by atoms with van der Waals surface area (Å²) in [5.74, 6) is -1.22. The van der Waals surface area contributed by atoms with Crippen LogP contribution in [0.4, 0.5) is 0 Å². The number of nitrogens with two attached hydrogens (primary N) is 1. The van der Waals surface area contributed by atoms with E-state index in [0.29, 0.717) is 32.5 Å². The van der Waals surface area contributed by atoms with Crippen LogP contribution in [0.5, 0.6) is 0 Å². The Hall–Kier alpha value is -2.48. The second kappa shape index (κ2) is 13.4. The topological polar surface area (TPSA) is 98.9 Å². The molecule has 2 aliphatic heterocycles. The Morgan fingerprint density at radius 3 is 1.92 bits per heavy atom. The molecule has 2 aliphatic rings. The van der Waals surface area contributed by atoms with Crippen LogP contribution in [-0.4, -0.2) is 52.5 Å². The number of carboxylic acid groups (broad SMARTS) is 1. The molecule has 0 unspecified atom stereocenters. The predicted molar refractivity (Wildman–Crippen MR) is 148 cm³/mol. The number of aliphatic carboxylic acids is 1. The summed E-state index contributed by atoms with van der Waals surface area (Å²) in [5.41, 5.74) is 10.9. The van der Waals surface area contributed by atoms with Gasteiger partial charge in [0.2, 0.25) is 5.91 Å². The number of hydrogen-bond acceptors (Lipinski definition) is 5. The van der Waals surface area contributed by atoms with E-state index in [1.807, 2.05) is 0 Å². The highest BCUT2D eigenvalue weighted by Crippen LogP contribution is 2.37. The fraction of sp³-hybridized carbons (Fsp3) is 0.600. The monoisotopic (exact) mass is 508 g/mol. The standard InChI is InChI=1S/C30H44N4O3/c1-2-3-4-5-6-9-16-33-17-22-11-13-24-19-34(20-25-14-12-23(18-33)28(22)29(24)25)21-27(35)32-26(30(36)37)10-7-8-15-31/h11-14,26H,2-10,15-21,31H2,1H3,(H,32,35)(H,36,37)/t26-/m0/s1. The minimum Gasteiger partial charge on any atom is -0.480 e. The number of benzene rings is 2. The third kappa shape index (κ3) is 7.09. The van der Waals surface area contributed by atoms with Gasteiger partial charge < -0.3 is 16.2 Å². The quantitative estimate of drug-likeness (QED) is 0.306. The summed E-state index contributed by atoms with van der Waals surface area (Å²) in [5, 5.41) is 15.0. The molecule has 0 bridgehead atoms. The first-order chi connectivity index (χ1) is 18.0. The van der Waals surface area contributed by atoms with Crippen LogP contribution >= 0.6 is 0 Å². The first kappa shape index (κ1) is 27.6. The van der Waals surface area contributed by atoms with E-state index >= 15 is 0 Å². The van der Waals surface area contributed by atoms with Crippen LogP contribution in [0.3, 0.4) is 0 Å². The molecule has 1 atom stereocenters. The average molecular weight is 509 g/mol. The molecule has 7 heteroatoms. The second-order valence-corrected chi connectivity index (χ2v) is 10.9. The Bertz CT molecular complexity index is 1040. The van der Waals surface area contributed by atoms with Gasteiger partial charge in [-0.2, -0.15) is 0 Å². The number of nitrogens with one attached hydrogen (secondary N) is 1. The van der Waals surface area contributed by atoms with Gasteiger partial charge in [-0.25, -0.2) is 4.79 Å². The van der Waals surface area contributed by atoms with Gasteiger partial charge in [0.15, 0.2) is 0 Å². The van der Waals surface area contributed by atoms with Gasteiger partial charge in [-0.15, -0.1) is 0 Å². The fourth-order valence-corrected chi connectivity index (χ4v) is 5.97. The van der Waals surface area contributed by atoms with Crippen molar-refractivity contribution >= 4 is 22.6 Å². The van der Waals surface area contributed by atoms with Crippen molar-refractivity contribution in [2.45, 2.75) is 96.9 Å². The smallest absolute Gasteiger partial charge is 0.326 e. The van der Waals surface area contributed by atoms with E-state index in [4.69, 9.17) is 5.73 Å². The van der Waals surface area contributed by atoms with Crippen LogP contribution in [-0.2, 0) is 35.8 Å². The fourth-order valence-electron chi connectivity index (χ4n) is 5.97. The Balaban J connectivity index is 1.36. The Labute approximate surface area is 221 Å². The van der Waals surface area contributed by atoms with Crippen molar-refractivity contribution in [3.05, 3.63) is 46.5 Å². The molecule has 202 valence electrons. The molecule has 0 spiro atoms. The van der Waals surface area contributed by atoms with Crippen LogP contribution in [0, 0.1) is 0 Å². The van der Waals surface area contributed by atoms with Gasteiger partial charge >= 0.3 is 5.97 Å². The van der Waals surface area contributed by atoms with Gasteiger partial charge in [0.25, 0.3) is 0 Å². The number of hydrogen-bond donors (Lipinski definition) is 3. The molecule has 0 saturated heterocycles. The molecule has 4 N–H and O–H groups in total. The van der Waals surface area contributed by atoms with Crippen LogP contribution in [0.25, 0.3) is 10.8 Å². The highest BCUT2D eigenvalue weighted by molar-refractivity contribution is 5.95. The van der Waals surface area contributed by atoms with Crippen LogP contribution in [0.15, 0.2) is 24.3 Å². The van der Waals surface area contributed by atoms with Crippen LogP contribution in [0.2, 0.25) is 0 Å². The zero-order valence-corrected chi connectivity index (χ0v) is 22.4. The van der Waals surface area contributed by atoms with Crippen molar-refractivity contribution in [1.82, 2.24) is 15.1 Å². The molecule has 0 radical (unpaired) electrons. The van der Waals surface area contributed by atoms with Crippen molar-refractivity contribution in [3.8, 4) is 0 Å². The van der Waals surface area contributed by atoms with Gasteiger partial charge in [-0.1, -0.05) is 63.3 Å². The minimum absolute atomic E-state index is 0.192. The Kier molecular flexibility index (Phi) is 9.95. The third-order valence-corrected chi connectivity index (χ3v) is 7.86. The zero-order valence-electron chi connectivity index (χ0n) is 22.4. The second-order valence-electron chi connectivity index (χ2n) is 10.9. The molecule has 4 rings (SSSR count). The van der Waals surface area contributed by atoms with Crippen molar-refractivity contribution in [1.29, 1.82) is 0 Å². The summed E-state index contributed by atoms with van der Waals surface area (Å²) < 4.78 is 0. The Morgan fingerprint density at radius 2 is 1.38 bits per heavy atom. The molecule has 0 aromatic heterocycles. The number of amides is 1. The van der Waals surface area contributed by atoms with E-state index in [2.05, 4.69) is 46.3 Å². The lowest BCUT2D eigenvalue weighted by molar-refractivity contribution is -0.142. The van der Waals surface area contributed by atoms with Gasteiger partial charge in [0.1, 0.15) is 6.04 Å². The molecular formula is C30H44N4O3. The first-order valence-corrected chi connectivity index (χ1v) is 14.2. The third-order valence-electron chi connectivity index (χ3n) is 7.86. The number of unbranched alkanes of at least 4 members (excludes halogenated alkanes) is 6. The van der Waals surface area contributed by atoms with Crippen LogP contribution in [0.1, 0.15) is 87.0 Å². The number of nitrogens with zero attached hydrogens (tertiary/aromatic N) is 2. The maximum atomic E-state index is 12.7. The molecule has 2 heterocycles. The van der Waals surface area contributed by atoms with Crippen molar-refractivity contribution in [2.24, 2.45) is 5.73 Å². The summed E-state index contributed by atoms with van der Waals surface area (Å²) in [6, 6.07) is 8.16. The zero-order chi connectivity index (χ0) is 26.2. The van der Waals surface area contributed by atoms with Crippen molar-refractivity contribution in [2.75, 3.05) is 19.6 Å². The molecule has 2 aromatic rings. The summed E-state index contributed by atoms with van der Waals surface area (Å²) in [6.07, 6.45) is 9.79. The van der Waals surface area contributed by atoms with Gasteiger partial charge in [0, 0.05) is 26.2 Å². The number of carbonyl (C=O) groups excluding carboxylic acids is 1. The molecule has 2 aromatic carbocycles. The largest absolute Gasteiger partial charge is 0.480 e. The number of carbonyl (C=O) groups is 2. The molecule has 0 saturated carbocycles. The number of carboxylic acids is 1. The highest BCUT2D eigenvalue weighted by atomic mass is 16.4. The van der Waals surface area contributed by atoms with E-state index in [1.54, 1.807) is 0 Å². The van der Waals surface area contributed by atoms with Crippen molar-refractivity contribution < 1.29 is 14.7 Å². The molecule has 0 aliphatic carbocycles.